The average Bonchev–Trinajstić information content (AvgIpc) is 3.02. The molecule has 0 amide bonds. The Morgan fingerprint density at radius 3 is 2.14 bits per heavy atom. The second-order valence-electron chi connectivity index (χ2n) is 9.30. The Hall–Kier alpha value is -3.66. The zero-order chi connectivity index (χ0) is 26.5. The van der Waals surface area contributed by atoms with Gasteiger partial charge in [-0.25, -0.2) is 0 Å². The molecule has 1 aliphatic rings. The van der Waals surface area contributed by atoms with Crippen LogP contribution in [-0.2, 0) is 19.6 Å². The number of phenols is 2. The van der Waals surface area contributed by atoms with E-state index in [-0.39, 0.29) is 49.4 Å². The zero-order valence-electron chi connectivity index (χ0n) is 20.1. The van der Waals surface area contributed by atoms with Gasteiger partial charge < -0.3 is 29.9 Å². The molecule has 0 aromatic heterocycles. The van der Waals surface area contributed by atoms with Gasteiger partial charge >= 0.3 is 0 Å². The van der Waals surface area contributed by atoms with Crippen LogP contribution in [0.25, 0.3) is 49.2 Å². The Kier molecular flexibility index (Phi) is 5.08. The minimum Gasteiger partial charge on any atom is -0.506 e. The van der Waals surface area contributed by atoms with Gasteiger partial charge in [-0.2, -0.15) is 0 Å². The van der Waals surface area contributed by atoms with Crippen molar-refractivity contribution in [3.8, 4) is 23.0 Å². The summed E-state index contributed by atoms with van der Waals surface area (Å²) < 4.78 is 11.3. The van der Waals surface area contributed by atoms with E-state index in [0.29, 0.717) is 49.9 Å². The number of aliphatic hydroxyl groups is 2. The van der Waals surface area contributed by atoms with Gasteiger partial charge in [0.2, 0.25) is 5.43 Å². The molecular weight excluding hydrogens is 544 g/mol. The lowest BCUT2D eigenvalue weighted by Crippen LogP contribution is -2.13. The number of methoxy groups -OCH3 is 2. The van der Waals surface area contributed by atoms with Crippen molar-refractivity contribution in [3.05, 3.63) is 58.8 Å². The van der Waals surface area contributed by atoms with Gasteiger partial charge in [0, 0.05) is 32.8 Å². The summed E-state index contributed by atoms with van der Waals surface area (Å²) in [6.45, 7) is 0.848. The molecule has 0 atom stereocenters. The van der Waals surface area contributed by atoms with E-state index in [1.54, 1.807) is 0 Å². The number of halogens is 1. The van der Waals surface area contributed by atoms with E-state index in [0.717, 1.165) is 5.57 Å². The Balaban J connectivity index is 2.21. The van der Waals surface area contributed by atoms with E-state index >= 15 is 0 Å². The second-order valence-corrected chi connectivity index (χ2v) is 10.1. The molecule has 37 heavy (non-hydrogen) atoms. The lowest BCUT2D eigenvalue weighted by molar-refractivity contribution is 0.281. The van der Waals surface area contributed by atoms with E-state index in [9.17, 15) is 30.0 Å². The van der Waals surface area contributed by atoms with Crippen molar-refractivity contribution in [2.24, 2.45) is 0 Å². The summed E-state index contributed by atoms with van der Waals surface area (Å²) >= 11 is 3.35. The fourth-order valence-electron chi connectivity index (χ4n) is 6.10. The van der Waals surface area contributed by atoms with E-state index < -0.39 is 24.1 Å². The van der Waals surface area contributed by atoms with E-state index in [4.69, 9.17) is 9.47 Å². The van der Waals surface area contributed by atoms with Crippen LogP contribution in [-0.4, -0.2) is 34.6 Å². The minimum absolute atomic E-state index is 0.00115. The van der Waals surface area contributed by atoms with Crippen LogP contribution in [0.5, 0.6) is 23.0 Å². The van der Waals surface area contributed by atoms with Crippen LogP contribution in [0.1, 0.15) is 29.2 Å². The molecule has 0 aliphatic heterocycles. The maximum Gasteiger partial charge on any atom is 0.232 e. The third-order valence-corrected chi connectivity index (χ3v) is 8.30. The maximum atomic E-state index is 13.8. The first-order valence-corrected chi connectivity index (χ1v) is 12.3. The maximum absolute atomic E-state index is 13.8. The molecule has 0 fully saturated rings. The van der Waals surface area contributed by atoms with E-state index in [1.807, 2.05) is 13.0 Å². The molecule has 9 heteroatoms. The van der Waals surface area contributed by atoms with Crippen LogP contribution < -0.4 is 20.3 Å². The van der Waals surface area contributed by atoms with Crippen molar-refractivity contribution in [2.75, 3.05) is 14.2 Å². The Labute approximate surface area is 217 Å². The fourth-order valence-corrected chi connectivity index (χ4v) is 6.63. The highest BCUT2D eigenvalue weighted by molar-refractivity contribution is 9.10. The Morgan fingerprint density at radius 1 is 0.838 bits per heavy atom. The molecule has 0 unspecified atom stereocenters. The van der Waals surface area contributed by atoms with Crippen molar-refractivity contribution in [1.29, 1.82) is 0 Å². The van der Waals surface area contributed by atoms with Crippen LogP contribution in [0.4, 0.5) is 0 Å². The first kappa shape index (κ1) is 23.7. The fraction of sp³-hybridized carbons (Fsp3) is 0.214. The molecule has 8 nitrogen and oxygen atoms in total. The first-order chi connectivity index (χ1) is 17.7. The van der Waals surface area contributed by atoms with Crippen molar-refractivity contribution in [2.45, 2.75) is 26.6 Å². The highest BCUT2D eigenvalue weighted by atomic mass is 79.9. The molecule has 1 aliphatic carbocycles. The largest absolute Gasteiger partial charge is 0.506 e. The second kappa shape index (κ2) is 7.92. The summed E-state index contributed by atoms with van der Waals surface area (Å²) in [5, 5.41) is 45.9. The average molecular weight is 565 g/mol. The van der Waals surface area contributed by atoms with Crippen molar-refractivity contribution in [3.63, 3.8) is 0 Å². The lowest BCUT2D eigenvalue weighted by atomic mass is 9.81. The van der Waals surface area contributed by atoms with Gasteiger partial charge in [0.1, 0.15) is 5.75 Å². The molecule has 5 aromatic carbocycles. The van der Waals surface area contributed by atoms with Gasteiger partial charge in [-0.3, -0.25) is 9.59 Å². The number of rotatable bonds is 4. The van der Waals surface area contributed by atoms with Gasteiger partial charge in [-0.05, 0) is 57.1 Å². The molecule has 4 N–H and O–H groups in total. The van der Waals surface area contributed by atoms with Gasteiger partial charge in [0.15, 0.2) is 22.7 Å². The van der Waals surface area contributed by atoms with Crippen LogP contribution in [0.2, 0.25) is 0 Å². The molecular formula is C28H21BrO8. The molecule has 0 saturated carbocycles. The van der Waals surface area contributed by atoms with Gasteiger partial charge in [-0.1, -0.05) is 11.6 Å². The zero-order valence-corrected chi connectivity index (χ0v) is 21.7. The molecule has 0 bridgehead atoms. The topological polar surface area (TPSA) is 134 Å². The number of hydrogen-bond acceptors (Lipinski definition) is 8. The number of allylic oxidation sites excluding steroid dienone is 1. The highest BCUT2D eigenvalue weighted by Gasteiger charge is 2.33. The summed E-state index contributed by atoms with van der Waals surface area (Å²) in [4.78, 5) is 27.1. The Bertz CT molecular complexity index is 1980. The third kappa shape index (κ3) is 2.73. The molecule has 0 heterocycles. The summed E-state index contributed by atoms with van der Waals surface area (Å²) in [6, 6.07) is 1.24. The molecule has 6 rings (SSSR count). The number of aromatic hydroxyl groups is 2. The number of fused-ring (bicyclic) bond motifs is 1. The quantitative estimate of drug-likeness (QED) is 0.190. The number of hydrogen-bond donors (Lipinski definition) is 4. The van der Waals surface area contributed by atoms with Crippen LogP contribution in [0, 0.1) is 0 Å². The predicted molar refractivity (Wildman–Crippen MR) is 145 cm³/mol. The number of ether oxygens (including phenoxy) is 2. The van der Waals surface area contributed by atoms with E-state index in [2.05, 4.69) is 15.9 Å². The van der Waals surface area contributed by atoms with Crippen molar-refractivity contribution >= 4 is 65.1 Å². The predicted octanol–water partition coefficient (Wildman–Crippen LogP) is 4.03. The smallest absolute Gasteiger partial charge is 0.232 e. The van der Waals surface area contributed by atoms with Crippen molar-refractivity contribution < 1.29 is 29.9 Å². The number of benzene rings is 5. The summed E-state index contributed by atoms with van der Waals surface area (Å²) in [7, 11) is 2.78. The summed E-state index contributed by atoms with van der Waals surface area (Å²) in [5.41, 5.74) is 1.40. The van der Waals surface area contributed by atoms with Crippen LogP contribution in [0.15, 0.2) is 25.7 Å². The normalized spacial score (nSPS) is 13.3. The lowest BCUT2D eigenvalue weighted by Gasteiger charge is -2.24. The highest BCUT2D eigenvalue weighted by Crippen LogP contribution is 2.54. The van der Waals surface area contributed by atoms with Crippen LogP contribution in [0.3, 0.4) is 0 Å². The standard InChI is InChI=1S/C28H21BrO8/c1-9-4-11-16-17-12(5-9)28(37-3)26(35)22-21(17)18(13(8-31)23(29)24(22)33)15-10(7-30)6-14(32)19(20(15)16)25(34)27(11)36-2/h4,6,30-31,33-34H,5,7-8H2,1-3H3. The first-order valence-electron chi connectivity index (χ1n) is 11.5. The molecule has 0 radical (unpaired) electrons. The van der Waals surface area contributed by atoms with E-state index in [1.165, 1.54) is 20.3 Å². The summed E-state index contributed by atoms with van der Waals surface area (Å²) in [5.74, 6) is -0.534. The minimum atomic E-state index is -0.520. The SMILES string of the molecule is COc1c(O)c2c(=O)cc(CO)c3c4c(CO)c(Br)c(O)c5c(=O)c(OC)c6c(c(c1C=C(C)C6)c23)c54. The van der Waals surface area contributed by atoms with Gasteiger partial charge in [-0.15, -0.1) is 0 Å². The van der Waals surface area contributed by atoms with Crippen LogP contribution >= 0.6 is 15.9 Å². The monoisotopic (exact) mass is 564 g/mol. The molecule has 0 spiro atoms. The third-order valence-electron chi connectivity index (χ3n) is 7.44. The molecule has 188 valence electrons. The molecule has 0 saturated heterocycles. The molecule has 5 aromatic rings. The van der Waals surface area contributed by atoms with Crippen molar-refractivity contribution in [1.82, 2.24) is 0 Å². The number of aliphatic hydroxyl groups excluding tert-OH is 2. The summed E-state index contributed by atoms with van der Waals surface area (Å²) in [6.07, 6.45) is 2.15. The Morgan fingerprint density at radius 2 is 1.51 bits per heavy atom. The van der Waals surface area contributed by atoms with Gasteiger partial charge in [0.05, 0.1) is 42.7 Å². The van der Waals surface area contributed by atoms with Gasteiger partial charge in [0.25, 0.3) is 0 Å². The number of phenolic OH excluding ortho intramolecular Hbond substituents is 2.